The molecule has 0 spiro atoms. The van der Waals surface area contributed by atoms with E-state index in [1.807, 2.05) is 20.0 Å². The number of anilines is 1. The second-order valence-corrected chi connectivity index (χ2v) is 10.5. The summed E-state index contributed by atoms with van der Waals surface area (Å²) >= 11 is 3.43. The second-order valence-electron chi connectivity index (χ2n) is 9.72. The highest BCUT2D eigenvalue weighted by Gasteiger charge is 2.56. The number of aryl methyl sites for hydroxylation is 2. The van der Waals surface area contributed by atoms with E-state index in [1.165, 1.54) is 11.1 Å². The minimum Gasteiger partial charge on any atom is -0.380 e. The van der Waals surface area contributed by atoms with Crippen LogP contribution >= 0.6 is 15.9 Å². The molecule has 5 rings (SSSR count). The molecule has 0 aliphatic heterocycles. The van der Waals surface area contributed by atoms with Gasteiger partial charge in [-0.05, 0) is 64.9 Å². The maximum absolute atomic E-state index is 12.8. The van der Waals surface area contributed by atoms with Gasteiger partial charge in [-0.15, -0.1) is 0 Å². The van der Waals surface area contributed by atoms with E-state index in [9.17, 15) is 9.59 Å². The number of fused-ring (bicyclic) bond motifs is 2. The van der Waals surface area contributed by atoms with Crippen LogP contribution in [0.15, 0.2) is 21.5 Å². The van der Waals surface area contributed by atoms with Crippen LogP contribution in [0.25, 0.3) is 0 Å². The number of rotatable bonds is 6. The standard InChI is InChI=1S/C22H31BrN6O2/c1-12-6-15(28(5)27-12)9-24-19(30)11-29-21(31)20(23)18(10-25-29)26-17-8-14-7-16(13(17)2)22(14,3)4/h6,10,13-14,16-17,26H,7-9,11H2,1-5H3,(H,24,30)/t13-,14-,16+,17-/m1/s1. The molecule has 3 aliphatic carbocycles. The third-order valence-electron chi connectivity index (χ3n) is 7.54. The van der Waals surface area contributed by atoms with Gasteiger partial charge in [-0.25, -0.2) is 4.68 Å². The summed E-state index contributed by atoms with van der Waals surface area (Å²) in [6.45, 7) is 9.17. The van der Waals surface area contributed by atoms with Crippen LogP contribution in [0.5, 0.6) is 0 Å². The van der Waals surface area contributed by atoms with E-state index in [-0.39, 0.29) is 18.0 Å². The molecule has 2 bridgehead atoms. The van der Waals surface area contributed by atoms with Crippen LogP contribution in [0.2, 0.25) is 0 Å². The first kappa shape index (κ1) is 22.0. The fourth-order valence-electron chi connectivity index (χ4n) is 5.43. The molecular formula is C22H31BrN6O2. The Balaban J connectivity index is 1.39. The largest absolute Gasteiger partial charge is 0.380 e. The Kier molecular flexibility index (Phi) is 5.74. The van der Waals surface area contributed by atoms with E-state index in [1.54, 1.807) is 10.9 Å². The van der Waals surface area contributed by atoms with Gasteiger partial charge in [0.2, 0.25) is 5.91 Å². The van der Waals surface area contributed by atoms with Crippen molar-refractivity contribution in [2.24, 2.45) is 30.2 Å². The van der Waals surface area contributed by atoms with Crippen LogP contribution in [0.4, 0.5) is 5.69 Å². The number of nitrogens with one attached hydrogen (secondary N) is 2. The molecule has 0 saturated heterocycles. The number of nitrogens with zero attached hydrogens (tertiary/aromatic N) is 4. The molecule has 3 aliphatic rings. The average Bonchev–Trinajstić information content (AvgIpc) is 3.04. The zero-order valence-electron chi connectivity index (χ0n) is 18.8. The highest BCUT2D eigenvalue weighted by molar-refractivity contribution is 9.10. The molecular weight excluding hydrogens is 460 g/mol. The van der Waals surface area contributed by atoms with Crippen molar-refractivity contribution < 1.29 is 4.79 Å². The predicted octanol–water partition coefficient (Wildman–Crippen LogP) is 2.85. The number of aromatic nitrogens is 4. The Labute approximate surface area is 190 Å². The molecule has 168 valence electrons. The highest BCUT2D eigenvalue weighted by Crippen LogP contribution is 2.61. The summed E-state index contributed by atoms with van der Waals surface area (Å²) in [5.41, 5.74) is 2.59. The number of halogens is 1. The van der Waals surface area contributed by atoms with Crippen LogP contribution in [0.3, 0.4) is 0 Å². The maximum Gasteiger partial charge on any atom is 0.283 e. The van der Waals surface area contributed by atoms with Crippen molar-refractivity contribution in [1.82, 2.24) is 24.9 Å². The molecule has 3 fully saturated rings. The summed E-state index contributed by atoms with van der Waals surface area (Å²) in [6, 6.07) is 2.25. The molecule has 0 aromatic carbocycles. The van der Waals surface area contributed by atoms with Crippen LogP contribution < -0.4 is 16.2 Å². The zero-order valence-corrected chi connectivity index (χ0v) is 20.4. The van der Waals surface area contributed by atoms with Crippen molar-refractivity contribution in [1.29, 1.82) is 0 Å². The highest BCUT2D eigenvalue weighted by atomic mass is 79.9. The van der Waals surface area contributed by atoms with E-state index in [0.29, 0.717) is 40.0 Å². The van der Waals surface area contributed by atoms with Gasteiger partial charge in [0, 0.05) is 13.1 Å². The van der Waals surface area contributed by atoms with Crippen LogP contribution in [-0.4, -0.2) is 31.5 Å². The zero-order chi connectivity index (χ0) is 22.5. The van der Waals surface area contributed by atoms with Crippen molar-refractivity contribution in [3.8, 4) is 0 Å². The summed E-state index contributed by atoms with van der Waals surface area (Å²) in [5.74, 6) is 1.70. The monoisotopic (exact) mass is 490 g/mol. The minimum absolute atomic E-state index is 0.132. The SMILES string of the molecule is Cc1cc(CNC(=O)Cn2ncc(N[C@@H]3C[C@H]4C[C@@H]([C@H]3C)C4(C)C)c(Br)c2=O)n(C)n1. The number of carbonyl (C=O) groups is 1. The summed E-state index contributed by atoms with van der Waals surface area (Å²) in [6.07, 6.45) is 4.05. The normalized spacial score (nSPS) is 26.3. The quantitative estimate of drug-likeness (QED) is 0.649. The number of carbonyl (C=O) groups excluding carboxylic acids is 1. The lowest BCUT2D eigenvalue weighted by Gasteiger charge is -2.62. The van der Waals surface area contributed by atoms with Gasteiger partial charge >= 0.3 is 0 Å². The lowest BCUT2D eigenvalue weighted by atomic mass is 9.45. The first-order valence-electron chi connectivity index (χ1n) is 10.9. The Hall–Kier alpha value is -2.16. The molecule has 2 aromatic rings. The third kappa shape index (κ3) is 4.04. The molecule has 2 N–H and O–H groups in total. The Morgan fingerprint density at radius 3 is 2.71 bits per heavy atom. The second kappa shape index (κ2) is 8.07. The topological polar surface area (TPSA) is 93.8 Å². The number of hydrogen-bond acceptors (Lipinski definition) is 5. The van der Waals surface area contributed by atoms with Gasteiger partial charge < -0.3 is 10.6 Å². The lowest BCUT2D eigenvalue weighted by molar-refractivity contribution is -0.122. The van der Waals surface area contributed by atoms with Crippen LogP contribution in [0.1, 0.15) is 45.0 Å². The molecule has 4 atom stereocenters. The smallest absolute Gasteiger partial charge is 0.283 e. The molecule has 3 saturated carbocycles. The first-order chi connectivity index (χ1) is 14.6. The van der Waals surface area contributed by atoms with Gasteiger partial charge in [-0.3, -0.25) is 14.3 Å². The van der Waals surface area contributed by atoms with Crippen molar-refractivity contribution >= 4 is 27.5 Å². The summed E-state index contributed by atoms with van der Waals surface area (Å²) < 4.78 is 3.33. The van der Waals surface area contributed by atoms with Crippen molar-refractivity contribution in [3.05, 3.63) is 38.5 Å². The third-order valence-corrected chi connectivity index (χ3v) is 8.31. The number of hydrogen-bond donors (Lipinski definition) is 2. The lowest BCUT2D eigenvalue weighted by Crippen LogP contribution is -2.58. The summed E-state index contributed by atoms with van der Waals surface area (Å²) in [7, 11) is 1.83. The molecule has 9 heteroatoms. The van der Waals surface area contributed by atoms with Gasteiger partial charge in [0.1, 0.15) is 11.0 Å². The van der Waals surface area contributed by atoms with Gasteiger partial charge in [-0.1, -0.05) is 20.8 Å². The fraction of sp³-hybridized carbons (Fsp3) is 0.636. The van der Waals surface area contributed by atoms with Gasteiger partial charge in [0.15, 0.2) is 0 Å². The Bertz CT molecular complexity index is 1060. The molecule has 1 amide bonds. The Morgan fingerprint density at radius 1 is 1.35 bits per heavy atom. The molecule has 2 heterocycles. The van der Waals surface area contributed by atoms with Gasteiger partial charge in [0.25, 0.3) is 5.56 Å². The van der Waals surface area contributed by atoms with Crippen molar-refractivity contribution in [3.63, 3.8) is 0 Å². The van der Waals surface area contributed by atoms with E-state index >= 15 is 0 Å². The molecule has 0 unspecified atom stereocenters. The van der Waals surface area contributed by atoms with Crippen molar-refractivity contribution in [2.75, 3.05) is 5.32 Å². The van der Waals surface area contributed by atoms with Gasteiger partial charge in [-0.2, -0.15) is 10.2 Å². The fourth-order valence-corrected chi connectivity index (χ4v) is 5.85. The van der Waals surface area contributed by atoms with E-state index in [2.05, 4.69) is 57.5 Å². The molecule has 2 aromatic heterocycles. The Morgan fingerprint density at radius 2 is 2.10 bits per heavy atom. The first-order valence-corrected chi connectivity index (χ1v) is 11.7. The number of amides is 1. The molecule has 8 nitrogen and oxygen atoms in total. The summed E-state index contributed by atoms with van der Waals surface area (Å²) in [4.78, 5) is 25.1. The van der Waals surface area contributed by atoms with E-state index < -0.39 is 0 Å². The van der Waals surface area contributed by atoms with E-state index in [0.717, 1.165) is 23.7 Å². The molecule has 0 radical (unpaired) electrons. The van der Waals surface area contributed by atoms with E-state index in [4.69, 9.17) is 0 Å². The summed E-state index contributed by atoms with van der Waals surface area (Å²) in [5, 5.41) is 14.9. The minimum atomic E-state index is -0.314. The van der Waals surface area contributed by atoms with Crippen LogP contribution in [-0.2, 0) is 24.9 Å². The predicted molar refractivity (Wildman–Crippen MR) is 123 cm³/mol. The van der Waals surface area contributed by atoms with Crippen molar-refractivity contribution in [2.45, 2.75) is 59.7 Å². The average molecular weight is 491 g/mol. The van der Waals surface area contributed by atoms with Gasteiger partial charge in [0.05, 0.1) is 29.8 Å². The van der Waals surface area contributed by atoms with Crippen LogP contribution in [0, 0.1) is 30.1 Å². The molecule has 31 heavy (non-hydrogen) atoms. The maximum atomic E-state index is 12.8.